The van der Waals surface area contributed by atoms with Crippen LogP contribution in [0.1, 0.15) is 143 Å². The van der Waals surface area contributed by atoms with Gasteiger partial charge in [-0.05, 0) is 117 Å². The van der Waals surface area contributed by atoms with E-state index in [1.165, 1.54) is 48.5 Å². The van der Waals surface area contributed by atoms with Gasteiger partial charge in [-0.2, -0.15) is 0 Å². The number of nitrogens with two attached hydrogens (primary N) is 4. The first kappa shape index (κ1) is 84.1. The number of phenols is 2. The number of rotatable bonds is 47. The predicted octanol–water partition coefficient (Wildman–Crippen LogP) is -2.70. The highest BCUT2D eigenvalue weighted by atomic mass is 16.4. The van der Waals surface area contributed by atoms with Crippen molar-refractivity contribution in [2.45, 2.75) is 205 Å². The molecule has 0 unspecified atom stereocenters. The van der Waals surface area contributed by atoms with E-state index in [2.05, 4.69) is 53.2 Å². The number of amides is 12. The quantitative estimate of drug-likeness (QED) is 0.0300. The van der Waals surface area contributed by atoms with Crippen molar-refractivity contribution in [1.82, 2.24) is 53.2 Å². The molecular weight excluding hydrogens is 1280 g/mol. The molecule has 0 spiro atoms. The third kappa shape index (κ3) is 32.6. The van der Waals surface area contributed by atoms with Gasteiger partial charge in [0.15, 0.2) is 0 Å². The normalized spacial score (nSPS) is 14.5. The second kappa shape index (κ2) is 43.2. The topological polar surface area (TPSA) is 582 Å². The van der Waals surface area contributed by atoms with E-state index in [1.54, 1.807) is 41.5 Å². The lowest BCUT2D eigenvalue weighted by Gasteiger charge is -2.28. The molecule has 11 atom stereocenters. The molecule has 2 aromatic rings. The smallest absolute Gasteiger partial charge is 0.326 e. The van der Waals surface area contributed by atoms with Crippen LogP contribution in [0.5, 0.6) is 11.5 Å². The molecule has 0 fully saturated rings. The summed E-state index contributed by atoms with van der Waals surface area (Å²) < 4.78 is 0. The van der Waals surface area contributed by atoms with Crippen LogP contribution in [0.2, 0.25) is 0 Å². The minimum Gasteiger partial charge on any atom is -0.508 e. The zero-order valence-corrected chi connectivity index (χ0v) is 56.0. The Morgan fingerprint density at radius 2 is 0.765 bits per heavy atom. The molecule has 98 heavy (non-hydrogen) atoms. The van der Waals surface area contributed by atoms with Crippen LogP contribution < -0.4 is 76.1 Å². The first-order chi connectivity index (χ1) is 46.0. The Balaban J connectivity index is 2.53. The summed E-state index contributed by atoms with van der Waals surface area (Å²) in [5.74, 6) is -17.4. The summed E-state index contributed by atoms with van der Waals surface area (Å²) >= 11 is 0. The second-order valence-corrected chi connectivity index (χ2v) is 24.7. The molecule has 34 nitrogen and oxygen atoms in total. The average Bonchev–Trinajstić information content (AvgIpc) is 0.867. The lowest BCUT2D eigenvalue weighted by molar-refractivity contribution is -0.144. The van der Waals surface area contributed by atoms with E-state index in [1.807, 2.05) is 0 Å². The molecule has 0 radical (unpaired) electrons. The van der Waals surface area contributed by atoms with E-state index in [0.29, 0.717) is 24.0 Å². The fourth-order valence-corrected chi connectivity index (χ4v) is 9.80. The van der Waals surface area contributed by atoms with Crippen LogP contribution in [0.15, 0.2) is 48.5 Å². The van der Waals surface area contributed by atoms with E-state index in [4.69, 9.17) is 22.9 Å². The van der Waals surface area contributed by atoms with Gasteiger partial charge in [-0.25, -0.2) is 4.79 Å². The Kier molecular flexibility index (Phi) is 37.1. The lowest BCUT2D eigenvalue weighted by atomic mass is 9.98. The first-order valence-electron chi connectivity index (χ1n) is 32.3. The number of primary amides is 2. The molecule has 0 aliphatic heterocycles. The molecule has 0 aliphatic rings. The maximum absolute atomic E-state index is 14.6. The summed E-state index contributed by atoms with van der Waals surface area (Å²) in [5.41, 5.74) is 23.2. The van der Waals surface area contributed by atoms with Crippen molar-refractivity contribution < 1.29 is 97.5 Å². The van der Waals surface area contributed by atoms with Crippen molar-refractivity contribution in [3.05, 3.63) is 59.7 Å². The van der Waals surface area contributed by atoms with Crippen molar-refractivity contribution >= 4 is 88.8 Å². The van der Waals surface area contributed by atoms with Gasteiger partial charge in [0.05, 0.1) is 12.6 Å². The first-order valence-corrected chi connectivity index (χ1v) is 32.3. The summed E-state index contributed by atoms with van der Waals surface area (Å²) in [6, 6.07) is -4.60. The van der Waals surface area contributed by atoms with Crippen molar-refractivity contribution in [2.24, 2.45) is 40.7 Å². The van der Waals surface area contributed by atoms with Gasteiger partial charge in [-0.15, -0.1) is 0 Å². The maximum atomic E-state index is 14.6. The monoisotopic (exact) mass is 1380 g/mol. The van der Waals surface area contributed by atoms with Crippen LogP contribution in [-0.2, 0) is 84.8 Å². The van der Waals surface area contributed by atoms with Crippen LogP contribution in [0, 0.1) is 17.8 Å². The van der Waals surface area contributed by atoms with E-state index >= 15 is 0 Å². The summed E-state index contributed by atoms with van der Waals surface area (Å²) in [7, 11) is 0. The standard InChI is InChI=1S/C64H98N14O20/c1-7-35(6)54(64(97)98)78-63(96)48(31-37-13-17-39(80)18-14-37)77-60(93)43(20-24-50(68)82)72-59(92)44(21-25-52(84)85)74-62(95)47(30-36-11-15-38(79)16-12-36)76-57(90)41(10-8-9-27-65)70-51(83)32-69-56(89)46(29-34(4)5)75-61(94)45(22-26-53(86)87)73-58(91)42(19-23-49(67)81)71-55(88)40(66)28-33(2)3/h11-18,33-35,40-48,54,79-80H,7-10,19-32,65-66H2,1-6H3,(H2,67,81)(H2,68,82)(H,69,89)(H,70,83)(H,71,88)(H,72,92)(H,73,91)(H,74,95)(H,75,94)(H,76,90)(H,77,93)(H,78,96)(H,84,85)(H,86,87)(H,97,98)/t35-,40-,41-,42-,43-,44-,45-,46-,47-,48-,54-/m0/s1. The van der Waals surface area contributed by atoms with Crippen LogP contribution >= 0.6 is 0 Å². The van der Waals surface area contributed by atoms with Gasteiger partial charge in [0.2, 0.25) is 70.9 Å². The van der Waals surface area contributed by atoms with E-state index in [9.17, 15) is 97.5 Å². The van der Waals surface area contributed by atoms with Gasteiger partial charge in [-0.3, -0.25) is 67.1 Å². The van der Waals surface area contributed by atoms with E-state index < -0.39 is 200 Å². The summed E-state index contributed by atoms with van der Waals surface area (Å²) in [6.07, 6.45) is -4.23. The molecule has 12 amide bonds. The maximum Gasteiger partial charge on any atom is 0.326 e. The van der Waals surface area contributed by atoms with Gasteiger partial charge in [0, 0.05) is 38.5 Å². The molecule has 0 aromatic heterocycles. The number of carboxylic acid groups (broad SMARTS) is 3. The minimum absolute atomic E-state index is 0.0223. The number of hydrogen-bond donors (Lipinski definition) is 19. The van der Waals surface area contributed by atoms with Gasteiger partial charge in [0.25, 0.3) is 0 Å². The molecule has 0 heterocycles. The number of carbonyl (C=O) groups is 15. The number of carboxylic acids is 3. The number of aliphatic carboxylic acids is 3. The van der Waals surface area contributed by atoms with E-state index in [-0.39, 0.29) is 81.2 Å². The van der Waals surface area contributed by atoms with E-state index in [0.717, 1.165) is 0 Å². The van der Waals surface area contributed by atoms with Crippen LogP contribution in [-0.4, -0.2) is 188 Å². The molecule has 34 heteroatoms. The highest BCUT2D eigenvalue weighted by Gasteiger charge is 2.37. The summed E-state index contributed by atoms with van der Waals surface area (Å²) in [6.45, 7) is 9.56. The zero-order valence-electron chi connectivity index (χ0n) is 56.0. The SMILES string of the molecule is CC[C@H](C)[C@H](NC(=O)[C@H](Cc1ccc(O)cc1)NC(=O)[C@H](CCC(N)=O)NC(=O)[C@H](CCC(=O)O)NC(=O)[C@H](Cc1ccc(O)cc1)NC(=O)[C@H](CCCCN)NC(=O)CNC(=O)[C@H](CC(C)C)NC(=O)[C@H](CCC(=O)O)NC(=O)[C@H](CCC(N)=O)NC(=O)[C@@H](N)CC(C)C)C(=O)O. The van der Waals surface area contributed by atoms with Crippen molar-refractivity contribution in [2.75, 3.05) is 13.1 Å². The Morgan fingerprint density at radius 1 is 0.418 bits per heavy atom. The number of carbonyl (C=O) groups excluding carboxylic acids is 12. The van der Waals surface area contributed by atoms with Gasteiger partial charge >= 0.3 is 17.9 Å². The predicted molar refractivity (Wildman–Crippen MR) is 351 cm³/mol. The highest BCUT2D eigenvalue weighted by Crippen LogP contribution is 2.17. The molecule has 23 N–H and O–H groups in total. The van der Waals surface area contributed by atoms with Gasteiger partial charge < -0.3 is 102 Å². The number of hydrogen-bond acceptors (Lipinski definition) is 19. The second-order valence-electron chi connectivity index (χ2n) is 24.7. The summed E-state index contributed by atoms with van der Waals surface area (Å²) in [4.78, 5) is 200. The molecule has 0 aliphatic carbocycles. The lowest BCUT2D eigenvalue weighted by Crippen LogP contribution is -2.60. The number of aromatic hydroxyl groups is 2. The van der Waals surface area contributed by atoms with Gasteiger partial charge in [0.1, 0.15) is 65.9 Å². The fraction of sp³-hybridized carbons (Fsp3) is 0.578. The Hall–Kier alpha value is -9.99. The number of unbranched alkanes of at least 4 members (excludes halogenated alkanes) is 1. The van der Waals surface area contributed by atoms with Crippen LogP contribution in [0.25, 0.3) is 0 Å². The number of benzene rings is 2. The third-order valence-electron chi connectivity index (χ3n) is 15.4. The molecule has 0 saturated carbocycles. The zero-order chi connectivity index (χ0) is 73.9. The third-order valence-corrected chi connectivity index (χ3v) is 15.4. The fourth-order valence-electron chi connectivity index (χ4n) is 9.80. The Bertz CT molecular complexity index is 3060. The van der Waals surface area contributed by atoms with Crippen molar-refractivity contribution in [1.29, 1.82) is 0 Å². The molecule has 544 valence electrons. The molecule has 2 rings (SSSR count). The summed E-state index contributed by atoms with van der Waals surface area (Å²) in [5, 5.41) is 73.7. The van der Waals surface area contributed by atoms with Crippen LogP contribution in [0.4, 0.5) is 0 Å². The molecular formula is C64H98N14O20. The number of phenolic OH excluding ortho intramolecular Hbond substituents is 2. The Morgan fingerprint density at radius 3 is 1.12 bits per heavy atom. The molecule has 0 bridgehead atoms. The number of nitrogens with one attached hydrogen (secondary N) is 10. The molecule has 0 saturated heterocycles. The Labute approximate surface area is 567 Å². The largest absolute Gasteiger partial charge is 0.508 e. The van der Waals surface area contributed by atoms with Gasteiger partial charge in [-0.1, -0.05) is 72.2 Å². The minimum atomic E-state index is -1.84. The average molecular weight is 1380 g/mol. The van der Waals surface area contributed by atoms with Crippen LogP contribution in [0.3, 0.4) is 0 Å². The highest BCUT2D eigenvalue weighted by molar-refractivity contribution is 5.99. The van der Waals surface area contributed by atoms with Crippen molar-refractivity contribution in [3.8, 4) is 11.5 Å². The molecule has 2 aromatic carbocycles. The van der Waals surface area contributed by atoms with Crippen molar-refractivity contribution in [3.63, 3.8) is 0 Å².